The Labute approximate surface area is 287 Å². The van der Waals surface area contributed by atoms with Gasteiger partial charge in [-0.1, -0.05) is 140 Å². The largest absolute Gasteiger partial charge is 0.310 e. The molecule has 0 amide bonds. The number of para-hydroxylation sites is 1. The van der Waals surface area contributed by atoms with E-state index in [1.165, 1.54) is 72.0 Å². The van der Waals surface area contributed by atoms with Crippen LogP contribution in [0.25, 0.3) is 44.2 Å². The van der Waals surface area contributed by atoms with E-state index in [1.54, 1.807) is 0 Å². The number of benzene rings is 8. The van der Waals surface area contributed by atoms with E-state index in [1.807, 2.05) is 0 Å². The van der Waals surface area contributed by atoms with Gasteiger partial charge in [0.2, 0.25) is 0 Å². The zero-order valence-electron chi connectivity index (χ0n) is 27.3. The molecule has 2 aliphatic rings. The quantitative estimate of drug-likeness (QED) is 0.189. The van der Waals surface area contributed by atoms with Gasteiger partial charge in [0.15, 0.2) is 0 Å². The van der Waals surface area contributed by atoms with Gasteiger partial charge >= 0.3 is 0 Å². The van der Waals surface area contributed by atoms with Crippen molar-refractivity contribution in [1.82, 2.24) is 0 Å². The van der Waals surface area contributed by atoms with E-state index in [0.717, 1.165) is 17.1 Å². The second-order valence-corrected chi connectivity index (χ2v) is 13.4. The fraction of sp³-hybridized carbons (Fsp3) is 0.0417. The average Bonchev–Trinajstić information content (AvgIpc) is 3.45. The van der Waals surface area contributed by atoms with E-state index in [9.17, 15) is 0 Å². The number of fused-ring (bicyclic) bond motifs is 9. The second kappa shape index (κ2) is 10.7. The first kappa shape index (κ1) is 27.9. The monoisotopic (exact) mass is 623 g/mol. The highest BCUT2D eigenvalue weighted by molar-refractivity contribution is 6.07. The lowest BCUT2D eigenvalue weighted by molar-refractivity contribution is 0.774. The third kappa shape index (κ3) is 4.00. The van der Waals surface area contributed by atoms with E-state index < -0.39 is 5.41 Å². The summed E-state index contributed by atoms with van der Waals surface area (Å²) in [4.78, 5) is 2.34. The molecular formula is C48H33N. The molecule has 10 rings (SSSR count). The molecule has 0 aromatic heterocycles. The van der Waals surface area contributed by atoms with Crippen LogP contribution in [0.2, 0.25) is 0 Å². The lowest BCUT2D eigenvalue weighted by Crippen LogP contribution is -2.31. The third-order valence-electron chi connectivity index (χ3n) is 10.7. The van der Waals surface area contributed by atoms with Crippen molar-refractivity contribution in [1.29, 1.82) is 0 Å². The van der Waals surface area contributed by atoms with Gasteiger partial charge in [-0.25, -0.2) is 0 Å². The van der Waals surface area contributed by atoms with E-state index in [-0.39, 0.29) is 0 Å². The number of rotatable bonds is 4. The fourth-order valence-electron chi connectivity index (χ4n) is 8.70. The van der Waals surface area contributed by atoms with Crippen LogP contribution in [0.3, 0.4) is 0 Å². The summed E-state index contributed by atoms with van der Waals surface area (Å²) in [6.07, 6.45) is 0. The predicted molar refractivity (Wildman–Crippen MR) is 205 cm³/mol. The molecule has 0 saturated heterocycles. The summed E-state index contributed by atoms with van der Waals surface area (Å²) in [5.74, 6) is 0. The molecule has 49 heavy (non-hydrogen) atoms. The molecule has 8 aromatic rings. The van der Waals surface area contributed by atoms with Gasteiger partial charge in [-0.3, -0.25) is 0 Å². The molecule has 0 fully saturated rings. The van der Waals surface area contributed by atoms with Crippen molar-refractivity contribution in [2.45, 2.75) is 12.3 Å². The van der Waals surface area contributed by atoms with Crippen LogP contribution in [-0.2, 0) is 5.41 Å². The van der Waals surface area contributed by atoms with Gasteiger partial charge in [-0.15, -0.1) is 0 Å². The van der Waals surface area contributed by atoms with E-state index in [4.69, 9.17) is 0 Å². The molecule has 8 aromatic carbocycles. The third-order valence-corrected chi connectivity index (χ3v) is 10.7. The highest BCUT2D eigenvalue weighted by Crippen LogP contribution is 2.62. The van der Waals surface area contributed by atoms with Gasteiger partial charge in [0.1, 0.15) is 0 Å². The van der Waals surface area contributed by atoms with Crippen LogP contribution in [0.4, 0.5) is 17.1 Å². The topological polar surface area (TPSA) is 3.24 Å². The van der Waals surface area contributed by atoms with Crippen molar-refractivity contribution in [2.75, 3.05) is 4.90 Å². The molecular weight excluding hydrogens is 591 g/mol. The van der Waals surface area contributed by atoms with Gasteiger partial charge in [-0.05, 0) is 121 Å². The van der Waals surface area contributed by atoms with Crippen LogP contribution in [0, 0.1) is 6.92 Å². The lowest BCUT2D eigenvalue weighted by Gasteiger charge is -2.40. The van der Waals surface area contributed by atoms with Crippen LogP contribution < -0.4 is 4.90 Å². The Hall–Kier alpha value is -6.18. The summed E-state index contributed by atoms with van der Waals surface area (Å²) in [6.45, 7) is 2.15. The van der Waals surface area contributed by atoms with E-state index in [0.29, 0.717) is 0 Å². The van der Waals surface area contributed by atoms with Crippen LogP contribution in [0.1, 0.15) is 27.8 Å². The summed E-state index contributed by atoms with van der Waals surface area (Å²) in [7, 11) is 0. The Morgan fingerprint density at radius 1 is 0.367 bits per heavy atom. The van der Waals surface area contributed by atoms with Crippen LogP contribution >= 0.6 is 0 Å². The summed E-state index contributed by atoms with van der Waals surface area (Å²) >= 11 is 0. The van der Waals surface area contributed by atoms with Gasteiger partial charge < -0.3 is 4.90 Å². The predicted octanol–water partition coefficient (Wildman–Crippen LogP) is 12.6. The van der Waals surface area contributed by atoms with Crippen molar-refractivity contribution >= 4 is 27.8 Å². The molecule has 0 saturated carbocycles. The minimum absolute atomic E-state index is 0.415. The number of hydrogen-bond donors (Lipinski definition) is 0. The smallest absolute Gasteiger partial charge is 0.0725 e. The second-order valence-electron chi connectivity index (χ2n) is 13.4. The van der Waals surface area contributed by atoms with Crippen molar-refractivity contribution in [3.8, 4) is 33.4 Å². The van der Waals surface area contributed by atoms with Crippen LogP contribution in [-0.4, -0.2) is 0 Å². The normalized spacial score (nSPS) is 15.1. The molecule has 0 heterocycles. The maximum Gasteiger partial charge on any atom is 0.0725 e. The molecule has 1 heteroatoms. The Morgan fingerprint density at radius 3 is 1.67 bits per heavy atom. The number of anilines is 3. The van der Waals surface area contributed by atoms with Crippen molar-refractivity contribution in [3.05, 3.63) is 210 Å². The molecule has 0 bridgehead atoms. The van der Waals surface area contributed by atoms with Crippen LogP contribution in [0.5, 0.6) is 0 Å². The number of aryl methyl sites for hydroxylation is 1. The molecule has 2 aliphatic carbocycles. The van der Waals surface area contributed by atoms with Gasteiger partial charge in [0.25, 0.3) is 0 Å². The van der Waals surface area contributed by atoms with Gasteiger partial charge in [-0.2, -0.15) is 0 Å². The van der Waals surface area contributed by atoms with Crippen molar-refractivity contribution in [3.63, 3.8) is 0 Å². The zero-order chi connectivity index (χ0) is 32.5. The van der Waals surface area contributed by atoms with Gasteiger partial charge in [0, 0.05) is 17.1 Å². The standard InChI is InChI=1S/C48H33N/c1-32-12-9-17-38(30-32)49(36-15-3-2-4-16-36)37-27-24-33(25-28-37)35-26-29-41-39-18-5-7-21-43(39)48(46(41)31-35)44-22-8-6-19-40(44)42-20-10-13-34-14-11-23-45(48)47(34)42/h2-31H,1H3. The maximum atomic E-state index is 2.48. The number of hydrogen-bond acceptors (Lipinski definition) is 1. The Kier molecular flexibility index (Phi) is 6.07. The highest BCUT2D eigenvalue weighted by Gasteiger charge is 2.50. The fourth-order valence-corrected chi connectivity index (χ4v) is 8.70. The minimum Gasteiger partial charge on any atom is -0.310 e. The summed E-state index contributed by atoms with van der Waals surface area (Å²) in [6, 6.07) is 67.4. The molecule has 1 spiro atoms. The Morgan fingerprint density at radius 2 is 0.918 bits per heavy atom. The molecule has 1 unspecified atom stereocenters. The minimum atomic E-state index is -0.415. The summed E-state index contributed by atoms with van der Waals surface area (Å²) in [5, 5.41) is 2.65. The van der Waals surface area contributed by atoms with E-state index in [2.05, 4.69) is 194 Å². The highest BCUT2D eigenvalue weighted by atomic mass is 15.1. The zero-order valence-corrected chi connectivity index (χ0v) is 27.3. The first-order valence-electron chi connectivity index (χ1n) is 17.1. The lowest BCUT2D eigenvalue weighted by atomic mass is 9.61. The molecule has 0 radical (unpaired) electrons. The molecule has 1 nitrogen and oxygen atoms in total. The van der Waals surface area contributed by atoms with Crippen molar-refractivity contribution in [2.24, 2.45) is 0 Å². The molecule has 0 N–H and O–H groups in total. The summed E-state index contributed by atoms with van der Waals surface area (Å²) < 4.78 is 0. The first-order chi connectivity index (χ1) is 24.2. The maximum absolute atomic E-state index is 2.48. The first-order valence-corrected chi connectivity index (χ1v) is 17.1. The van der Waals surface area contributed by atoms with Gasteiger partial charge in [0.05, 0.1) is 5.41 Å². The average molecular weight is 624 g/mol. The van der Waals surface area contributed by atoms with Crippen LogP contribution in [0.15, 0.2) is 182 Å². The summed E-state index contributed by atoms with van der Waals surface area (Å²) in [5.41, 5.74) is 17.4. The molecule has 1 atom stereocenters. The molecule has 0 aliphatic heterocycles. The SMILES string of the molecule is Cc1cccc(N(c2ccccc2)c2ccc(-c3ccc4c(c3)C3(c5ccccc5-4)c4ccccc4-c4cccc5cccc3c45)cc2)c1. The Bertz CT molecular complexity index is 2560. The number of nitrogens with zero attached hydrogens (tertiary/aromatic N) is 1. The van der Waals surface area contributed by atoms with Crippen molar-refractivity contribution < 1.29 is 0 Å². The Balaban J connectivity index is 1.17. The molecule has 230 valence electrons. The van der Waals surface area contributed by atoms with E-state index >= 15 is 0 Å².